The Hall–Kier alpha value is -1.00. The van der Waals surface area contributed by atoms with Crippen molar-refractivity contribution in [2.45, 2.75) is 18.6 Å². The minimum Gasteiger partial charge on any atom is -0.378 e. The van der Waals surface area contributed by atoms with Gasteiger partial charge in [-0.1, -0.05) is 35.5 Å². The first-order valence-electron chi connectivity index (χ1n) is 4.86. The first-order valence-corrected chi connectivity index (χ1v) is 6.11. The number of thioether (sulfide) groups is 1. The highest BCUT2D eigenvalue weighted by Gasteiger charge is 2.26. The van der Waals surface area contributed by atoms with Crippen LogP contribution in [0.4, 0.5) is 0 Å². The maximum absolute atomic E-state index is 11.4. The Bertz CT molecular complexity index is 473. The number of carbonyl (C=O) groups excluding carboxylic acids is 1. The molecule has 1 aliphatic heterocycles. The van der Waals surface area contributed by atoms with E-state index >= 15 is 0 Å². The lowest BCUT2D eigenvalue weighted by Crippen LogP contribution is -2.14. The van der Waals surface area contributed by atoms with Gasteiger partial charge in [0.15, 0.2) is 5.17 Å². The number of amides is 1. The Morgan fingerprint density at radius 3 is 2.88 bits per heavy atom. The molecule has 0 spiro atoms. The van der Waals surface area contributed by atoms with Crippen LogP contribution >= 0.6 is 23.4 Å². The molecule has 1 aromatic rings. The molecular weight excluding hydrogens is 244 g/mol. The highest BCUT2D eigenvalue weighted by Crippen LogP contribution is 2.25. The predicted molar refractivity (Wildman–Crippen MR) is 67.9 cm³/mol. The zero-order valence-electron chi connectivity index (χ0n) is 8.74. The number of halogens is 1. The summed E-state index contributed by atoms with van der Waals surface area (Å²) in [5, 5.41) is 0.883. The molecule has 1 amide bonds. The first kappa shape index (κ1) is 11.5. The van der Waals surface area contributed by atoms with Crippen molar-refractivity contribution in [3.8, 4) is 0 Å². The van der Waals surface area contributed by atoms with Crippen LogP contribution in [0.1, 0.15) is 11.1 Å². The zero-order chi connectivity index (χ0) is 11.7. The third kappa shape index (κ3) is 2.39. The van der Waals surface area contributed by atoms with Gasteiger partial charge in [-0.2, -0.15) is 4.99 Å². The van der Waals surface area contributed by atoms with Gasteiger partial charge in [-0.05, 0) is 30.5 Å². The van der Waals surface area contributed by atoms with E-state index in [2.05, 4.69) is 4.99 Å². The van der Waals surface area contributed by atoms with Gasteiger partial charge in [-0.15, -0.1) is 0 Å². The summed E-state index contributed by atoms with van der Waals surface area (Å²) in [5.74, 6) is -0.154. The van der Waals surface area contributed by atoms with Crippen molar-refractivity contribution < 1.29 is 4.79 Å². The van der Waals surface area contributed by atoms with Crippen LogP contribution in [0.2, 0.25) is 5.02 Å². The van der Waals surface area contributed by atoms with Crippen LogP contribution in [0.15, 0.2) is 23.2 Å². The Kier molecular flexibility index (Phi) is 3.21. The number of hydrogen-bond donors (Lipinski definition) is 1. The van der Waals surface area contributed by atoms with E-state index in [1.165, 1.54) is 11.8 Å². The molecule has 0 radical (unpaired) electrons. The zero-order valence-corrected chi connectivity index (χ0v) is 10.3. The lowest BCUT2D eigenvalue weighted by molar-refractivity contribution is -0.117. The largest absolute Gasteiger partial charge is 0.378 e. The molecule has 0 aromatic heterocycles. The van der Waals surface area contributed by atoms with Crippen molar-refractivity contribution >= 4 is 34.4 Å². The van der Waals surface area contributed by atoms with E-state index in [1.54, 1.807) is 0 Å². The molecule has 1 atom stereocenters. The molecule has 0 bridgehead atoms. The summed E-state index contributed by atoms with van der Waals surface area (Å²) < 4.78 is 0. The van der Waals surface area contributed by atoms with Crippen LogP contribution in [0.3, 0.4) is 0 Å². The molecule has 2 N–H and O–H groups in total. The number of aryl methyl sites for hydroxylation is 1. The summed E-state index contributed by atoms with van der Waals surface area (Å²) in [4.78, 5) is 15.1. The second-order valence-electron chi connectivity index (χ2n) is 3.68. The lowest BCUT2D eigenvalue weighted by atomic mass is 10.1. The number of carbonyl (C=O) groups is 1. The van der Waals surface area contributed by atoms with Crippen LogP contribution < -0.4 is 5.73 Å². The van der Waals surface area contributed by atoms with E-state index in [9.17, 15) is 4.79 Å². The molecule has 5 heteroatoms. The fraction of sp³-hybridized carbons (Fsp3) is 0.273. The van der Waals surface area contributed by atoms with Crippen molar-refractivity contribution in [2.24, 2.45) is 10.7 Å². The number of nitrogens with two attached hydrogens (primary N) is 1. The van der Waals surface area contributed by atoms with E-state index in [4.69, 9.17) is 17.3 Å². The van der Waals surface area contributed by atoms with Gasteiger partial charge < -0.3 is 5.73 Å². The summed E-state index contributed by atoms with van der Waals surface area (Å²) in [6.45, 7) is 1.95. The highest BCUT2D eigenvalue weighted by molar-refractivity contribution is 8.15. The topological polar surface area (TPSA) is 55.4 Å². The van der Waals surface area contributed by atoms with Gasteiger partial charge in [0, 0.05) is 5.02 Å². The highest BCUT2D eigenvalue weighted by atomic mass is 35.5. The molecule has 0 fully saturated rings. The quantitative estimate of drug-likeness (QED) is 0.880. The minimum atomic E-state index is -0.196. The monoisotopic (exact) mass is 254 g/mol. The number of rotatable bonds is 2. The molecule has 16 heavy (non-hydrogen) atoms. The normalized spacial score (nSPS) is 20.0. The second-order valence-corrected chi connectivity index (χ2v) is 5.31. The molecule has 84 valence electrons. The van der Waals surface area contributed by atoms with Gasteiger partial charge in [-0.25, -0.2) is 0 Å². The van der Waals surface area contributed by atoms with Gasteiger partial charge in [0.25, 0.3) is 5.91 Å². The summed E-state index contributed by atoms with van der Waals surface area (Å²) in [7, 11) is 0. The number of aliphatic imine (C=N–C) groups is 1. The number of amidine groups is 1. The van der Waals surface area contributed by atoms with E-state index < -0.39 is 0 Å². The standard InChI is InChI=1S/C11H11ClN2OS/c1-6-2-3-7(4-8(6)12)5-9-10(15)14-11(13)16-9/h2-4,9H,5H2,1H3,(H2,13,14,15)/t9-/m0/s1. The SMILES string of the molecule is Cc1ccc(C[C@@H]2SC(N)=NC2=O)cc1Cl. The minimum absolute atomic E-state index is 0.154. The third-order valence-corrected chi connectivity index (χ3v) is 3.81. The maximum Gasteiger partial charge on any atom is 0.261 e. The van der Waals surface area contributed by atoms with Crippen LogP contribution in [0, 0.1) is 6.92 Å². The van der Waals surface area contributed by atoms with Crippen LogP contribution in [-0.2, 0) is 11.2 Å². The molecule has 3 nitrogen and oxygen atoms in total. The molecule has 0 saturated carbocycles. The Morgan fingerprint density at radius 1 is 1.56 bits per heavy atom. The van der Waals surface area contributed by atoms with Crippen molar-refractivity contribution in [1.82, 2.24) is 0 Å². The third-order valence-electron chi connectivity index (χ3n) is 2.42. The summed E-state index contributed by atoms with van der Waals surface area (Å²) in [5.41, 5.74) is 7.56. The van der Waals surface area contributed by atoms with Gasteiger partial charge in [0.2, 0.25) is 0 Å². The second kappa shape index (κ2) is 4.47. The molecule has 1 aliphatic rings. The van der Waals surface area contributed by atoms with Gasteiger partial charge in [-0.3, -0.25) is 4.79 Å². The van der Waals surface area contributed by atoms with Crippen molar-refractivity contribution in [3.63, 3.8) is 0 Å². The van der Waals surface area contributed by atoms with Gasteiger partial charge >= 0.3 is 0 Å². The van der Waals surface area contributed by atoms with Crippen LogP contribution in [0.25, 0.3) is 0 Å². The molecule has 0 saturated heterocycles. The molecule has 0 aliphatic carbocycles. The van der Waals surface area contributed by atoms with Crippen molar-refractivity contribution in [3.05, 3.63) is 34.3 Å². The number of benzene rings is 1. The van der Waals surface area contributed by atoms with E-state index in [0.29, 0.717) is 11.6 Å². The van der Waals surface area contributed by atoms with Gasteiger partial charge in [0.1, 0.15) is 0 Å². The average Bonchev–Trinajstić information content (AvgIpc) is 2.51. The summed E-state index contributed by atoms with van der Waals surface area (Å²) >= 11 is 7.33. The van der Waals surface area contributed by atoms with Crippen molar-refractivity contribution in [1.29, 1.82) is 0 Å². The van der Waals surface area contributed by atoms with Crippen molar-refractivity contribution in [2.75, 3.05) is 0 Å². The fourth-order valence-electron chi connectivity index (χ4n) is 1.51. The fourth-order valence-corrected chi connectivity index (χ4v) is 2.58. The molecular formula is C11H11ClN2OS. The Balaban J connectivity index is 2.11. The summed E-state index contributed by atoms with van der Waals surface area (Å²) in [6, 6.07) is 5.81. The van der Waals surface area contributed by atoms with E-state index in [0.717, 1.165) is 16.1 Å². The lowest BCUT2D eigenvalue weighted by Gasteiger charge is -2.07. The summed E-state index contributed by atoms with van der Waals surface area (Å²) in [6.07, 6.45) is 0.619. The Morgan fingerprint density at radius 2 is 2.31 bits per heavy atom. The molecule has 0 unspecified atom stereocenters. The van der Waals surface area contributed by atoms with Crippen LogP contribution in [0.5, 0.6) is 0 Å². The number of nitrogens with zero attached hydrogens (tertiary/aromatic N) is 1. The molecule has 1 heterocycles. The predicted octanol–water partition coefficient (Wildman–Crippen LogP) is 2.15. The van der Waals surface area contributed by atoms with Crippen LogP contribution in [-0.4, -0.2) is 16.3 Å². The van der Waals surface area contributed by atoms with E-state index in [-0.39, 0.29) is 11.2 Å². The average molecular weight is 255 g/mol. The molecule has 1 aromatic carbocycles. The first-order chi connectivity index (χ1) is 7.56. The smallest absolute Gasteiger partial charge is 0.261 e. The van der Waals surface area contributed by atoms with Gasteiger partial charge in [0.05, 0.1) is 5.25 Å². The Labute approximate surface area is 103 Å². The molecule has 2 rings (SSSR count). The maximum atomic E-state index is 11.4. The van der Waals surface area contributed by atoms with E-state index in [1.807, 2.05) is 25.1 Å². The number of hydrogen-bond acceptors (Lipinski definition) is 3.